The molecule has 4 atom stereocenters. The van der Waals surface area contributed by atoms with Crippen LogP contribution in [0.2, 0.25) is 5.82 Å². The van der Waals surface area contributed by atoms with Crippen LogP contribution in [0.5, 0.6) is 0 Å². The Kier molecular flexibility index (Phi) is 4.42. The summed E-state index contributed by atoms with van der Waals surface area (Å²) in [5, 5.41) is 9.93. The van der Waals surface area contributed by atoms with E-state index >= 15 is 0 Å². The molecule has 1 fully saturated rings. The Morgan fingerprint density at radius 2 is 2.14 bits per heavy atom. The van der Waals surface area contributed by atoms with Crippen LogP contribution in [-0.2, 0) is 9.47 Å². The summed E-state index contributed by atoms with van der Waals surface area (Å²) in [5.41, 5.74) is 0. The fourth-order valence-corrected chi connectivity index (χ4v) is 2.21. The molecule has 1 aliphatic carbocycles. The standard InChI is InChI=1S/C10H21BO3/c1-6(2)14-5-7-4-8(11)10(13-3)9(7)12/h6-10,12H,4-5,11H2,1-3H3. The molecule has 0 heterocycles. The molecule has 0 bridgehead atoms. The number of aliphatic hydroxyl groups excluding tert-OH is 1. The van der Waals surface area contributed by atoms with Gasteiger partial charge in [0.1, 0.15) is 7.85 Å². The van der Waals surface area contributed by atoms with Gasteiger partial charge >= 0.3 is 0 Å². The van der Waals surface area contributed by atoms with Gasteiger partial charge in [-0.3, -0.25) is 0 Å². The van der Waals surface area contributed by atoms with Gasteiger partial charge in [-0.15, -0.1) is 0 Å². The van der Waals surface area contributed by atoms with Gasteiger partial charge in [-0.05, 0) is 26.1 Å². The molecule has 3 nitrogen and oxygen atoms in total. The summed E-state index contributed by atoms with van der Waals surface area (Å²) in [6.07, 6.45) is 0.843. The van der Waals surface area contributed by atoms with E-state index in [2.05, 4.69) is 7.85 Å². The number of aliphatic hydroxyl groups is 1. The second-order valence-electron chi connectivity index (χ2n) is 4.55. The van der Waals surface area contributed by atoms with Crippen molar-refractivity contribution in [2.75, 3.05) is 13.7 Å². The zero-order valence-electron chi connectivity index (χ0n) is 9.56. The molecule has 1 rings (SSSR count). The molecule has 82 valence electrons. The molecule has 0 radical (unpaired) electrons. The highest BCUT2D eigenvalue weighted by Crippen LogP contribution is 2.35. The first-order chi connectivity index (χ1) is 6.56. The van der Waals surface area contributed by atoms with Crippen molar-refractivity contribution in [1.29, 1.82) is 0 Å². The Bertz CT molecular complexity index is 175. The molecule has 0 spiro atoms. The Labute approximate surface area is 87.2 Å². The fraction of sp³-hybridized carbons (Fsp3) is 1.00. The minimum atomic E-state index is -0.367. The minimum Gasteiger partial charge on any atom is -0.390 e. The summed E-state index contributed by atoms with van der Waals surface area (Å²) in [6, 6.07) is 0. The summed E-state index contributed by atoms with van der Waals surface area (Å²) in [6.45, 7) is 4.67. The van der Waals surface area contributed by atoms with E-state index in [0.717, 1.165) is 6.42 Å². The largest absolute Gasteiger partial charge is 0.390 e. The van der Waals surface area contributed by atoms with Gasteiger partial charge in [0.2, 0.25) is 0 Å². The van der Waals surface area contributed by atoms with E-state index < -0.39 is 0 Å². The lowest BCUT2D eigenvalue weighted by atomic mass is 9.84. The lowest BCUT2D eigenvalue weighted by molar-refractivity contribution is -0.0355. The van der Waals surface area contributed by atoms with E-state index in [1.165, 1.54) is 0 Å². The van der Waals surface area contributed by atoms with E-state index in [-0.39, 0.29) is 24.2 Å². The highest BCUT2D eigenvalue weighted by molar-refractivity contribution is 6.12. The van der Waals surface area contributed by atoms with E-state index in [1.54, 1.807) is 7.11 Å². The molecule has 4 heteroatoms. The first-order valence-electron chi connectivity index (χ1n) is 5.38. The molecule has 0 aromatic heterocycles. The van der Waals surface area contributed by atoms with Crippen LogP contribution in [0.15, 0.2) is 0 Å². The zero-order chi connectivity index (χ0) is 10.7. The second kappa shape index (κ2) is 5.15. The van der Waals surface area contributed by atoms with Gasteiger partial charge in [0, 0.05) is 13.0 Å². The van der Waals surface area contributed by atoms with Crippen molar-refractivity contribution in [3.8, 4) is 0 Å². The summed E-state index contributed by atoms with van der Waals surface area (Å²) in [4.78, 5) is 0. The molecular formula is C10H21BO3. The quantitative estimate of drug-likeness (QED) is 0.660. The van der Waals surface area contributed by atoms with Crippen LogP contribution in [0.3, 0.4) is 0 Å². The summed E-state index contributed by atoms with van der Waals surface area (Å²) >= 11 is 0. The van der Waals surface area contributed by atoms with Crippen LogP contribution < -0.4 is 0 Å². The van der Waals surface area contributed by atoms with Crippen molar-refractivity contribution in [3.05, 3.63) is 0 Å². The molecule has 1 saturated carbocycles. The first kappa shape index (κ1) is 12.0. The van der Waals surface area contributed by atoms with Crippen LogP contribution in [0.1, 0.15) is 20.3 Å². The predicted molar refractivity (Wildman–Crippen MR) is 58.3 cm³/mol. The van der Waals surface area contributed by atoms with Gasteiger partial charge in [-0.1, -0.05) is 0 Å². The van der Waals surface area contributed by atoms with Crippen LogP contribution in [0, 0.1) is 5.92 Å². The first-order valence-corrected chi connectivity index (χ1v) is 5.38. The van der Waals surface area contributed by atoms with Crippen molar-refractivity contribution in [2.45, 2.75) is 44.4 Å². The Hall–Kier alpha value is -0.0551. The maximum absolute atomic E-state index is 9.93. The molecular weight excluding hydrogens is 179 g/mol. The van der Waals surface area contributed by atoms with Gasteiger partial charge in [0.25, 0.3) is 0 Å². The van der Waals surface area contributed by atoms with Crippen molar-refractivity contribution in [1.82, 2.24) is 0 Å². The molecule has 0 aromatic rings. The zero-order valence-corrected chi connectivity index (χ0v) is 9.56. The van der Waals surface area contributed by atoms with E-state index in [9.17, 15) is 5.11 Å². The van der Waals surface area contributed by atoms with Crippen LogP contribution in [-0.4, -0.2) is 45.0 Å². The topological polar surface area (TPSA) is 38.7 Å². The molecule has 0 amide bonds. The van der Waals surface area contributed by atoms with Crippen LogP contribution >= 0.6 is 0 Å². The van der Waals surface area contributed by atoms with Crippen molar-refractivity contribution < 1.29 is 14.6 Å². The van der Waals surface area contributed by atoms with Crippen LogP contribution in [0.25, 0.3) is 0 Å². The Balaban J connectivity index is 2.41. The average molecular weight is 200 g/mol. The van der Waals surface area contributed by atoms with Gasteiger partial charge < -0.3 is 14.6 Å². The highest BCUT2D eigenvalue weighted by Gasteiger charge is 2.40. The summed E-state index contributed by atoms with van der Waals surface area (Å²) in [5.74, 6) is 0.660. The number of methoxy groups -OCH3 is 1. The minimum absolute atomic E-state index is 0.0178. The smallest absolute Gasteiger partial charge is 0.108 e. The second-order valence-corrected chi connectivity index (χ2v) is 4.55. The molecule has 4 unspecified atom stereocenters. The SMILES string of the molecule is BC1CC(COC(C)C)C(O)C1OC. The fourth-order valence-electron chi connectivity index (χ4n) is 2.21. The van der Waals surface area contributed by atoms with Crippen LogP contribution in [0.4, 0.5) is 0 Å². The maximum Gasteiger partial charge on any atom is 0.108 e. The summed E-state index contributed by atoms with van der Waals surface area (Å²) in [7, 11) is 3.78. The molecule has 1 N–H and O–H groups in total. The third-order valence-electron chi connectivity index (χ3n) is 2.97. The van der Waals surface area contributed by atoms with Crippen molar-refractivity contribution >= 4 is 7.85 Å². The molecule has 1 aliphatic rings. The average Bonchev–Trinajstić information content (AvgIpc) is 2.38. The number of hydrogen-bond acceptors (Lipinski definition) is 3. The third kappa shape index (κ3) is 2.72. The monoisotopic (exact) mass is 200 g/mol. The maximum atomic E-state index is 9.93. The molecule has 0 aromatic carbocycles. The van der Waals surface area contributed by atoms with Crippen molar-refractivity contribution in [2.24, 2.45) is 5.92 Å². The lowest BCUT2D eigenvalue weighted by Crippen LogP contribution is -2.31. The Morgan fingerprint density at radius 3 is 2.57 bits per heavy atom. The van der Waals surface area contributed by atoms with E-state index in [0.29, 0.717) is 12.4 Å². The van der Waals surface area contributed by atoms with Gasteiger partial charge in [0.05, 0.1) is 24.9 Å². The predicted octanol–water partition coefficient (Wildman–Crippen LogP) is 0.229. The normalized spacial score (nSPS) is 38.1. The summed E-state index contributed by atoms with van der Waals surface area (Å²) < 4.78 is 10.8. The highest BCUT2D eigenvalue weighted by atomic mass is 16.5. The number of rotatable bonds is 4. The Morgan fingerprint density at radius 1 is 1.50 bits per heavy atom. The van der Waals surface area contributed by atoms with E-state index in [1.807, 2.05) is 13.8 Å². The molecule has 0 aliphatic heterocycles. The van der Waals surface area contributed by atoms with Gasteiger partial charge in [-0.2, -0.15) is 0 Å². The molecule has 0 saturated heterocycles. The van der Waals surface area contributed by atoms with Crippen molar-refractivity contribution in [3.63, 3.8) is 0 Å². The van der Waals surface area contributed by atoms with Gasteiger partial charge in [0.15, 0.2) is 0 Å². The number of hydrogen-bond donors (Lipinski definition) is 1. The third-order valence-corrected chi connectivity index (χ3v) is 2.97. The number of ether oxygens (including phenoxy) is 2. The van der Waals surface area contributed by atoms with Gasteiger partial charge in [-0.25, -0.2) is 0 Å². The van der Waals surface area contributed by atoms with E-state index in [4.69, 9.17) is 9.47 Å². The molecule has 14 heavy (non-hydrogen) atoms. The lowest BCUT2D eigenvalue weighted by Gasteiger charge is -2.20.